The molecule has 0 saturated heterocycles. The average molecular weight is 625 g/mol. The van der Waals surface area contributed by atoms with Crippen LogP contribution in [0.1, 0.15) is 129 Å². The van der Waals surface area contributed by atoms with Gasteiger partial charge in [-0.3, -0.25) is 0 Å². The van der Waals surface area contributed by atoms with Crippen LogP contribution in [-0.4, -0.2) is 28.2 Å². The molecule has 0 saturated carbocycles. The van der Waals surface area contributed by atoms with Crippen LogP contribution in [0.3, 0.4) is 0 Å². The van der Waals surface area contributed by atoms with Crippen molar-refractivity contribution in [1.29, 1.82) is 0 Å². The van der Waals surface area contributed by atoms with E-state index >= 15 is 0 Å². The summed E-state index contributed by atoms with van der Waals surface area (Å²) in [5.41, 5.74) is 8.90. The Balaban J connectivity index is 0.000000181. The lowest BCUT2D eigenvalue weighted by atomic mass is 9.70. The second-order valence-corrected chi connectivity index (χ2v) is 17.7. The quantitative estimate of drug-likeness (QED) is 0.184. The van der Waals surface area contributed by atoms with Crippen LogP contribution in [0.25, 0.3) is 22.6 Å². The molecule has 0 bridgehead atoms. The van der Waals surface area contributed by atoms with Crippen LogP contribution in [0.5, 0.6) is 0 Å². The zero-order valence-corrected chi connectivity index (χ0v) is 31.4. The van der Waals surface area contributed by atoms with Crippen LogP contribution in [0.2, 0.25) is 0 Å². The first-order chi connectivity index (χ1) is 21.2. The summed E-state index contributed by atoms with van der Waals surface area (Å²) in [5, 5.41) is 2.38. The summed E-state index contributed by atoms with van der Waals surface area (Å²) >= 11 is 0. The highest BCUT2D eigenvalue weighted by atomic mass is 16.3. The number of hydrogen-bond donors (Lipinski definition) is 0. The van der Waals surface area contributed by atoms with Crippen LogP contribution < -0.4 is 19.9 Å². The Morgan fingerprint density at radius 3 is 1.22 bits per heavy atom. The standard InChI is InChI=1S/2C21H30NO/c2*1-20(2,3)18-15-11-10-14(22(6)7)13-17(15)23-19-16(18)9-8-12-21(19,4)5/h2*10-11,13H,8-9,12H2,1-7H3/q2*+1. The van der Waals surface area contributed by atoms with E-state index in [1.807, 2.05) is 0 Å². The molecule has 0 aromatic heterocycles. The number of nitrogens with zero attached hydrogens (tertiary/aromatic N) is 2. The predicted molar refractivity (Wildman–Crippen MR) is 194 cm³/mol. The Morgan fingerprint density at radius 2 is 0.913 bits per heavy atom. The molecule has 0 aromatic carbocycles. The van der Waals surface area contributed by atoms with E-state index in [0.717, 1.165) is 24.4 Å². The summed E-state index contributed by atoms with van der Waals surface area (Å²) in [6, 6.07) is 13.3. The Bertz CT molecular complexity index is 1700. The maximum atomic E-state index is 6.50. The summed E-state index contributed by atoms with van der Waals surface area (Å²) in [6.45, 7) is 23.2. The molecule has 0 unspecified atom stereocenters. The first-order valence-electron chi connectivity index (χ1n) is 17.4. The second-order valence-electron chi connectivity index (χ2n) is 17.7. The van der Waals surface area contributed by atoms with Gasteiger partial charge in [0, 0.05) is 34.1 Å². The summed E-state index contributed by atoms with van der Waals surface area (Å²) < 4.78 is 17.3. The highest BCUT2D eigenvalue weighted by molar-refractivity contribution is 5.69. The van der Waals surface area contributed by atoms with E-state index in [2.05, 4.69) is 143 Å². The Labute approximate surface area is 278 Å². The van der Waals surface area contributed by atoms with E-state index in [-0.39, 0.29) is 21.7 Å². The summed E-state index contributed by atoms with van der Waals surface area (Å²) in [4.78, 5) is 0. The van der Waals surface area contributed by atoms with E-state index in [0.29, 0.717) is 0 Å². The van der Waals surface area contributed by atoms with Gasteiger partial charge in [-0.25, -0.2) is 9.15 Å². The van der Waals surface area contributed by atoms with Gasteiger partial charge in [-0.05, 0) is 83.7 Å². The molecule has 0 N–H and O–H groups in total. The number of benzene rings is 2. The molecule has 4 nitrogen and oxygen atoms in total. The van der Waals surface area contributed by atoms with Crippen molar-refractivity contribution in [3.05, 3.63) is 80.9 Å². The minimum atomic E-state index is 0.117. The SMILES string of the molecule is C[N+](C)=c1ccc2c(C(C)(C)C)c3c(oc-2c1)C(C)(C)CCC3.C[N+](C)=c1ccc2c(C(C)(C)C)c3c(oc-2c1)C(C)(C)CCC3. The largest absolute Gasteiger partial charge is 0.460 e. The molecule has 6 rings (SSSR count). The molecule has 6 aliphatic rings. The fraction of sp³-hybridized carbons (Fsp3) is 0.571. The summed E-state index contributed by atoms with van der Waals surface area (Å²) in [5.74, 6) is 4.46. The summed E-state index contributed by atoms with van der Waals surface area (Å²) in [7, 11) is 8.31. The van der Waals surface area contributed by atoms with Crippen LogP contribution >= 0.6 is 0 Å². The third kappa shape index (κ3) is 6.38. The fourth-order valence-corrected chi connectivity index (χ4v) is 7.98. The maximum absolute atomic E-state index is 6.50. The van der Waals surface area contributed by atoms with Gasteiger partial charge in [0.05, 0.1) is 12.1 Å². The smallest absolute Gasteiger partial charge is 0.203 e. The molecule has 2 aliphatic heterocycles. The zero-order chi connectivity index (χ0) is 34.0. The Hall–Kier alpha value is -3.14. The van der Waals surface area contributed by atoms with Crippen LogP contribution in [0, 0.1) is 0 Å². The summed E-state index contributed by atoms with van der Waals surface area (Å²) in [6.07, 6.45) is 7.18. The van der Waals surface area contributed by atoms with Crippen LogP contribution in [-0.2, 0) is 34.5 Å². The van der Waals surface area contributed by atoms with Crippen molar-refractivity contribution in [2.24, 2.45) is 0 Å². The molecular weight excluding hydrogens is 564 g/mol. The van der Waals surface area contributed by atoms with Crippen molar-refractivity contribution in [3.8, 4) is 22.6 Å². The van der Waals surface area contributed by atoms with Crippen molar-refractivity contribution in [1.82, 2.24) is 9.15 Å². The van der Waals surface area contributed by atoms with Crippen molar-refractivity contribution in [2.75, 3.05) is 28.2 Å². The molecule has 2 heterocycles. The van der Waals surface area contributed by atoms with Gasteiger partial charge in [-0.15, -0.1) is 0 Å². The first-order valence-corrected chi connectivity index (χ1v) is 17.4. The van der Waals surface area contributed by atoms with Crippen molar-refractivity contribution in [3.63, 3.8) is 0 Å². The van der Waals surface area contributed by atoms with Crippen molar-refractivity contribution >= 4 is 0 Å². The number of fused-ring (bicyclic) bond motifs is 4. The van der Waals surface area contributed by atoms with Crippen molar-refractivity contribution in [2.45, 2.75) is 129 Å². The molecule has 0 amide bonds. The van der Waals surface area contributed by atoms with Crippen molar-refractivity contribution < 1.29 is 8.83 Å². The highest BCUT2D eigenvalue weighted by Crippen LogP contribution is 2.47. The Kier molecular flexibility index (Phi) is 8.80. The van der Waals surface area contributed by atoms with Gasteiger partial charge in [-0.1, -0.05) is 69.2 Å². The third-order valence-electron chi connectivity index (χ3n) is 10.3. The first kappa shape index (κ1) is 34.2. The van der Waals surface area contributed by atoms with Crippen LogP contribution in [0.15, 0.2) is 45.2 Å². The molecule has 4 heteroatoms. The minimum Gasteiger partial charge on any atom is -0.460 e. The minimum absolute atomic E-state index is 0.117. The highest BCUT2D eigenvalue weighted by Gasteiger charge is 2.38. The Morgan fingerprint density at radius 1 is 0.565 bits per heavy atom. The molecule has 0 spiro atoms. The lowest BCUT2D eigenvalue weighted by Crippen LogP contribution is -2.29. The monoisotopic (exact) mass is 624 g/mol. The lowest BCUT2D eigenvalue weighted by Gasteiger charge is -2.36. The third-order valence-corrected chi connectivity index (χ3v) is 10.3. The molecule has 248 valence electrons. The van der Waals surface area contributed by atoms with Gasteiger partial charge in [0.2, 0.25) is 10.7 Å². The predicted octanol–water partition coefficient (Wildman–Crippen LogP) is 8.66. The van der Waals surface area contributed by atoms with Gasteiger partial charge in [-0.2, -0.15) is 0 Å². The second kappa shape index (κ2) is 11.8. The van der Waals surface area contributed by atoms with Gasteiger partial charge < -0.3 is 8.83 Å². The normalized spacial score (nSPS) is 17.2. The molecule has 4 aliphatic carbocycles. The molecule has 0 aromatic rings. The van der Waals surface area contributed by atoms with Crippen LogP contribution in [0.4, 0.5) is 0 Å². The number of hydrogen-bond acceptors (Lipinski definition) is 2. The van der Waals surface area contributed by atoms with Gasteiger partial charge >= 0.3 is 0 Å². The molecule has 0 fully saturated rings. The van der Waals surface area contributed by atoms with E-state index in [1.54, 1.807) is 0 Å². The van der Waals surface area contributed by atoms with Gasteiger partial charge in [0.1, 0.15) is 51.2 Å². The van der Waals surface area contributed by atoms with E-state index < -0.39 is 0 Å². The molecular formula is C42H60N2O2+2. The molecule has 0 radical (unpaired) electrons. The van der Waals surface area contributed by atoms with E-state index in [9.17, 15) is 0 Å². The maximum Gasteiger partial charge on any atom is 0.203 e. The van der Waals surface area contributed by atoms with Gasteiger partial charge in [0.25, 0.3) is 0 Å². The number of rotatable bonds is 0. The molecule has 46 heavy (non-hydrogen) atoms. The lowest BCUT2D eigenvalue weighted by molar-refractivity contribution is 0.321. The van der Waals surface area contributed by atoms with E-state index in [4.69, 9.17) is 8.83 Å². The van der Waals surface area contributed by atoms with E-state index in [1.165, 1.54) is 81.3 Å². The molecule has 0 atom stereocenters. The topological polar surface area (TPSA) is 32.3 Å². The van der Waals surface area contributed by atoms with Gasteiger partial charge in [0.15, 0.2) is 0 Å². The zero-order valence-electron chi connectivity index (χ0n) is 31.4. The fourth-order valence-electron chi connectivity index (χ4n) is 7.98. The average Bonchev–Trinajstić information content (AvgIpc) is 2.93.